The Morgan fingerprint density at radius 2 is 2.00 bits per heavy atom. The van der Waals surface area contributed by atoms with Gasteiger partial charge < -0.3 is 9.52 Å². The maximum Gasteiger partial charge on any atom is 0.371 e. The second-order valence-corrected chi connectivity index (χ2v) is 4.59. The van der Waals surface area contributed by atoms with Gasteiger partial charge in [-0.2, -0.15) is 0 Å². The number of rotatable bonds is 2. The summed E-state index contributed by atoms with van der Waals surface area (Å²) in [4.78, 5) is 10.7. The molecule has 0 aliphatic heterocycles. The van der Waals surface area contributed by atoms with Crippen molar-refractivity contribution in [2.45, 2.75) is 44.4 Å². The van der Waals surface area contributed by atoms with E-state index in [1.54, 1.807) is 6.07 Å². The van der Waals surface area contributed by atoms with Crippen molar-refractivity contribution in [3.05, 3.63) is 23.7 Å². The summed E-state index contributed by atoms with van der Waals surface area (Å²) in [5.74, 6) is -0.0999. The maximum atomic E-state index is 10.7. The summed E-state index contributed by atoms with van der Waals surface area (Å²) in [6.45, 7) is 2.16. The highest BCUT2D eigenvalue weighted by Gasteiger charge is 2.32. The summed E-state index contributed by atoms with van der Waals surface area (Å²) in [6.07, 6.45) is 5.89. The zero-order valence-electron chi connectivity index (χ0n) is 8.95. The van der Waals surface area contributed by atoms with Crippen LogP contribution in [0.2, 0.25) is 0 Å². The highest BCUT2D eigenvalue weighted by atomic mass is 16.4. The predicted octanol–water partition coefficient (Wildman–Crippen LogP) is 3.20. The summed E-state index contributed by atoms with van der Waals surface area (Å²) < 4.78 is 5.39. The van der Waals surface area contributed by atoms with Crippen molar-refractivity contribution in [3.8, 4) is 0 Å². The van der Waals surface area contributed by atoms with Gasteiger partial charge in [-0.1, -0.05) is 26.2 Å². The van der Waals surface area contributed by atoms with Crippen molar-refractivity contribution in [1.29, 1.82) is 0 Å². The van der Waals surface area contributed by atoms with Gasteiger partial charge in [-0.3, -0.25) is 0 Å². The van der Waals surface area contributed by atoms with Gasteiger partial charge in [0.05, 0.1) is 0 Å². The molecule has 1 heterocycles. The largest absolute Gasteiger partial charge is 0.475 e. The Kier molecular flexibility index (Phi) is 2.55. The third-order valence-corrected chi connectivity index (χ3v) is 3.37. The second-order valence-electron chi connectivity index (χ2n) is 4.59. The first kappa shape index (κ1) is 10.3. The molecule has 0 aromatic carbocycles. The van der Waals surface area contributed by atoms with E-state index in [1.165, 1.54) is 19.3 Å². The molecule has 3 nitrogen and oxygen atoms in total. The number of furan rings is 1. The Morgan fingerprint density at radius 3 is 2.53 bits per heavy atom. The maximum absolute atomic E-state index is 10.7. The molecule has 82 valence electrons. The van der Waals surface area contributed by atoms with E-state index in [1.807, 2.05) is 6.07 Å². The SMILES string of the molecule is CC1(c2ccc(C(=O)O)o2)CCCCC1. The number of carbonyl (C=O) groups is 1. The summed E-state index contributed by atoms with van der Waals surface area (Å²) in [5.41, 5.74) is 0.0476. The molecule has 1 fully saturated rings. The van der Waals surface area contributed by atoms with Gasteiger partial charge in [-0.15, -0.1) is 0 Å². The van der Waals surface area contributed by atoms with E-state index < -0.39 is 5.97 Å². The molecule has 0 saturated heterocycles. The summed E-state index contributed by atoms with van der Waals surface area (Å²) >= 11 is 0. The molecule has 0 unspecified atom stereocenters. The highest BCUT2D eigenvalue weighted by Crippen LogP contribution is 2.39. The van der Waals surface area contributed by atoms with Gasteiger partial charge in [0.15, 0.2) is 0 Å². The van der Waals surface area contributed by atoms with Gasteiger partial charge in [0.1, 0.15) is 5.76 Å². The quantitative estimate of drug-likeness (QED) is 0.811. The Labute approximate surface area is 89.1 Å². The smallest absolute Gasteiger partial charge is 0.371 e. The fourth-order valence-electron chi connectivity index (χ4n) is 2.36. The molecule has 1 aromatic rings. The number of aromatic carboxylic acids is 1. The number of hydrogen-bond acceptors (Lipinski definition) is 2. The lowest BCUT2D eigenvalue weighted by Gasteiger charge is -2.31. The molecule has 0 radical (unpaired) electrons. The van der Waals surface area contributed by atoms with E-state index >= 15 is 0 Å². The van der Waals surface area contributed by atoms with Crippen LogP contribution >= 0.6 is 0 Å². The minimum Gasteiger partial charge on any atom is -0.475 e. The predicted molar refractivity (Wildman–Crippen MR) is 56.1 cm³/mol. The molecule has 0 spiro atoms. The molecule has 1 aliphatic carbocycles. The minimum absolute atomic E-state index is 0.0476. The summed E-state index contributed by atoms with van der Waals surface area (Å²) in [6, 6.07) is 3.37. The second kappa shape index (κ2) is 3.72. The minimum atomic E-state index is -0.986. The number of carboxylic acids is 1. The van der Waals surface area contributed by atoms with Crippen LogP contribution in [-0.4, -0.2) is 11.1 Å². The fraction of sp³-hybridized carbons (Fsp3) is 0.583. The van der Waals surface area contributed by atoms with Crippen LogP contribution in [0.5, 0.6) is 0 Å². The number of carboxylic acid groups (broad SMARTS) is 1. The van der Waals surface area contributed by atoms with Gasteiger partial charge in [0.2, 0.25) is 5.76 Å². The van der Waals surface area contributed by atoms with Gasteiger partial charge in [-0.05, 0) is 25.0 Å². The lowest BCUT2D eigenvalue weighted by atomic mass is 9.74. The molecule has 1 aromatic heterocycles. The van der Waals surface area contributed by atoms with Crippen LogP contribution in [0.4, 0.5) is 0 Å². The standard InChI is InChI=1S/C12H16O3/c1-12(7-3-2-4-8-12)10-6-5-9(15-10)11(13)14/h5-6H,2-4,7-8H2,1H3,(H,13,14). The van der Waals surface area contributed by atoms with Crippen molar-refractivity contribution in [3.63, 3.8) is 0 Å². The van der Waals surface area contributed by atoms with Crippen molar-refractivity contribution >= 4 is 5.97 Å². The zero-order chi connectivity index (χ0) is 10.9. The molecule has 1 saturated carbocycles. The van der Waals surface area contributed by atoms with Crippen LogP contribution in [0.1, 0.15) is 55.3 Å². The zero-order valence-corrected chi connectivity index (χ0v) is 8.95. The van der Waals surface area contributed by atoms with Gasteiger partial charge >= 0.3 is 5.97 Å². The van der Waals surface area contributed by atoms with Crippen LogP contribution in [0.3, 0.4) is 0 Å². The normalized spacial score (nSPS) is 20.1. The molecule has 0 bridgehead atoms. The van der Waals surface area contributed by atoms with Crippen LogP contribution in [0.25, 0.3) is 0 Å². The first-order valence-electron chi connectivity index (χ1n) is 5.45. The first-order valence-corrected chi connectivity index (χ1v) is 5.45. The van der Waals surface area contributed by atoms with Crippen molar-refractivity contribution in [2.75, 3.05) is 0 Å². The average Bonchev–Trinajstić information content (AvgIpc) is 2.68. The van der Waals surface area contributed by atoms with E-state index in [9.17, 15) is 4.79 Å². The van der Waals surface area contributed by atoms with Crippen molar-refractivity contribution in [2.24, 2.45) is 0 Å². The third-order valence-electron chi connectivity index (χ3n) is 3.37. The molecular formula is C12H16O3. The van der Waals surface area contributed by atoms with Crippen molar-refractivity contribution < 1.29 is 14.3 Å². The molecular weight excluding hydrogens is 192 g/mol. The lowest BCUT2D eigenvalue weighted by molar-refractivity contribution is 0.0656. The Balaban J connectivity index is 2.23. The topological polar surface area (TPSA) is 50.4 Å². The highest BCUT2D eigenvalue weighted by molar-refractivity contribution is 5.84. The van der Waals surface area contributed by atoms with E-state index in [2.05, 4.69) is 6.92 Å². The van der Waals surface area contributed by atoms with E-state index in [-0.39, 0.29) is 11.2 Å². The summed E-state index contributed by atoms with van der Waals surface area (Å²) in [7, 11) is 0. The molecule has 1 aliphatic rings. The van der Waals surface area contributed by atoms with E-state index in [4.69, 9.17) is 9.52 Å². The lowest BCUT2D eigenvalue weighted by Crippen LogP contribution is -2.24. The molecule has 0 atom stereocenters. The number of hydrogen-bond donors (Lipinski definition) is 1. The molecule has 1 N–H and O–H groups in total. The fourth-order valence-corrected chi connectivity index (χ4v) is 2.36. The average molecular weight is 208 g/mol. The van der Waals surface area contributed by atoms with Gasteiger partial charge in [0.25, 0.3) is 0 Å². The van der Waals surface area contributed by atoms with Crippen LogP contribution in [0, 0.1) is 0 Å². The van der Waals surface area contributed by atoms with Crippen LogP contribution < -0.4 is 0 Å². The Hall–Kier alpha value is -1.25. The third kappa shape index (κ3) is 1.91. The Morgan fingerprint density at radius 1 is 1.33 bits per heavy atom. The molecule has 15 heavy (non-hydrogen) atoms. The van der Waals surface area contributed by atoms with Crippen LogP contribution in [0.15, 0.2) is 16.5 Å². The van der Waals surface area contributed by atoms with Gasteiger partial charge in [-0.25, -0.2) is 4.79 Å². The first-order chi connectivity index (χ1) is 7.12. The Bertz CT molecular complexity index is 359. The van der Waals surface area contributed by atoms with Crippen molar-refractivity contribution in [1.82, 2.24) is 0 Å². The van der Waals surface area contributed by atoms with Crippen LogP contribution in [-0.2, 0) is 5.41 Å². The molecule has 2 rings (SSSR count). The van der Waals surface area contributed by atoms with E-state index in [0.29, 0.717) is 0 Å². The molecule has 0 amide bonds. The monoisotopic (exact) mass is 208 g/mol. The van der Waals surface area contributed by atoms with E-state index in [0.717, 1.165) is 18.6 Å². The van der Waals surface area contributed by atoms with Gasteiger partial charge in [0, 0.05) is 5.41 Å². The summed E-state index contributed by atoms with van der Waals surface area (Å²) in [5, 5.41) is 8.79. The molecule has 3 heteroatoms.